The highest BCUT2D eigenvalue weighted by Gasteiger charge is 2.47. The van der Waals surface area contributed by atoms with Crippen molar-refractivity contribution >= 4 is 5.91 Å². The molecule has 2 fully saturated rings. The molecule has 3 rings (SSSR count). The van der Waals surface area contributed by atoms with Crippen LogP contribution in [0.4, 0.5) is 0 Å². The van der Waals surface area contributed by atoms with Crippen LogP contribution in [0.15, 0.2) is 30.3 Å². The van der Waals surface area contributed by atoms with Crippen molar-refractivity contribution in [2.75, 3.05) is 19.6 Å². The Morgan fingerprint density at radius 1 is 1.30 bits per heavy atom. The zero-order valence-electron chi connectivity index (χ0n) is 12.1. The summed E-state index contributed by atoms with van der Waals surface area (Å²) in [5.41, 5.74) is 6.90. The van der Waals surface area contributed by atoms with Gasteiger partial charge in [-0.3, -0.25) is 4.79 Å². The molecular formula is C17H24N2O. The van der Waals surface area contributed by atoms with Crippen molar-refractivity contribution < 1.29 is 4.79 Å². The van der Waals surface area contributed by atoms with E-state index in [1.54, 1.807) is 0 Å². The SMILES string of the molecule is NCC1CCN(C(=O)C2(Cc3ccccc3)CCC2)C1. The van der Waals surface area contributed by atoms with Gasteiger partial charge in [0.05, 0.1) is 5.41 Å². The minimum atomic E-state index is -0.120. The van der Waals surface area contributed by atoms with Gasteiger partial charge in [0.25, 0.3) is 0 Å². The van der Waals surface area contributed by atoms with Gasteiger partial charge in [-0.2, -0.15) is 0 Å². The van der Waals surface area contributed by atoms with E-state index >= 15 is 0 Å². The lowest BCUT2D eigenvalue weighted by molar-refractivity contribution is -0.146. The highest BCUT2D eigenvalue weighted by Crippen LogP contribution is 2.45. The van der Waals surface area contributed by atoms with Crippen molar-refractivity contribution in [1.29, 1.82) is 0 Å². The molecule has 1 amide bonds. The van der Waals surface area contributed by atoms with Crippen LogP contribution in [0.2, 0.25) is 0 Å². The number of amides is 1. The fourth-order valence-corrected chi connectivity index (χ4v) is 3.60. The second-order valence-electron chi connectivity index (χ2n) is 6.44. The molecule has 108 valence electrons. The molecule has 1 saturated heterocycles. The number of nitrogens with two attached hydrogens (primary N) is 1. The van der Waals surface area contributed by atoms with Crippen LogP contribution in [-0.2, 0) is 11.2 Å². The third kappa shape index (κ3) is 2.47. The Morgan fingerprint density at radius 2 is 2.05 bits per heavy atom. The van der Waals surface area contributed by atoms with Gasteiger partial charge in [-0.25, -0.2) is 0 Å². The summed E-state index contributed by atoms with van der Waals surface area (Å²) in [5, 5.41) is 0. The Morgan fingerprint density at radius 3 is 2.60 bits per heavy atom. The third-order valence-corrected chi connectivity index (χ3v) is 5.06. The Labute approximate surface area is 121 Å². The van der Waals surface area contributed by atoms with Crippen LogP contribution in [-0.4, -0.2) is 30.4 Å². The molecule has 1 atom stereocenters. The van der Waals surface area contributed by atoms with Gasteiger partial charge in [-0.15, -0.1) is 0 Å². The van der Waals surface area contributed by atoms with Gasteiger partial charge in [0.1, 0.15) is 0 Å². The third-order valence-electron chi connectivity index (χ3n) is 5.06. The second-order valence-corrected chi connectivity index (χ2v) is 6.44. The van der Waals surface area contributed by atoms with Gasteiger partial charge in [0.2, 0.25) is 5.91 Å². The Hall–Kier alpha value is -1.35. The summed E-state index contributed by atoms with van der Waals surface area (Å²) in [6.07, 6.45) is 5.25. The van der Waals surface area contributed by atoms with Crippen LogP contribution in [0.1, 0.15) is 31.2 Å². The van der Waals surface area contributed by atoms with Crippen LogP contribution in [0.5, 0.6) is 0 Å². The van der Waals surface area contributed by atoms with Crippen LogP contribution in [0.3, 0.4) is 0 Å². The first-order valence-corrected chi connectivity index (χ1v) is 7.77. The molecule has 3 nitrogen and oxygen atoms in total. The number of hydrogen-bond donors (Lipinski definition) is 1. The summed E-state index contributed by atoms with van der Waals surface area (Å²) in [5.74, 6) is 0.886. The van der Waals surface area contributed by atoms with Crippen LogP contribution in [0, 0.1) is 11.3 Å². The van der Waals surface area contributed by atoms with Crippen molar-refractivity contribution in [2.45, 2.75) is 32.1 Å². The van der Waals surface area contributed by atoms with E-state index < -0.39 is 0 Å². The maximum Gasteiger partial charge on any atom is 0.229 e. The topological polar surface area (TPSA) is 46.3 Å². The fraction of sp³-hybridized carbons (Fsp3) is 0.588. The summed E-state index contributed by atoms with van der Waals surface area (Å²) in [7, 11) is 0. The molecule has 1 aliphatic carbocycles. The maximum absolute atomic E-state index is 12.9. The predicted molar refractivity (Wildman–Crippen MR) is 80.2 cm³/mol. The van der Waals surface area contributed by atoms with Gasteiger partial charge in [-0.1, -0.05) is 36.8 Å². The van der Waals surface area contributed by atoms with Crippen molar-refractivity contribution in [3.05, 3.63) is 35.9 Å². The summed E-state index contributed by atoms with van der Waals surface area (Å²) in [6.45, 7) is 2.47. The van der Waals surface area contributed by atoms with Crippen molar-refractivity contribution in [2.24, 2.45) is 17.1 Å². The maximum atomic E-state index is 12.9. The van der Waals surface area contributed by atoms with Gasteiger partial charge in [-0.05, 0) is 43.7 Å². The molecule has 0 radical (unpaired) electrons. The Balaban J connectivity index is 1.71. The molecule has 3 heteroatoms. The molecule has 0 aromatic heterocycles. The van der Waals surface area contributed by atoms with E-state index in [1.807, 2.05) is 6.07 Å². The summed E-state index contributed by atoms with van der Waals surface area (Å²) in [4.78, 5) is 15.0. The molecule has 1 heterocycles. The molecule has 2 aliphatic rings. The van der Waals surface area contributed by atoms with E-state index in [9.17, 15) is 4.79 Å². The zero-order chi connectivity index (χ0) is 14.0. The first kappa shape index (κ1) is 13.6. The molecule has 0 spiro atoms. The van der Waals surface area contributed by atoms with E-state index in [0.717, 1.165) is 38.8 Å². The van der Waals surface area contributed by atoms with E-state index in [1.165, 1.54) is 12.0 Å². The van der Waals surface area contributed by atoms with Gasteiger partial charge >= 0.3 is 0 Å². The molecule has 1 unspecified atom stereocenters. The molecule has 1 aromatic carbocycles. The molecular weight excluding hydrogens is 248 g/mol. The average Bonchev–Trinajstić information content (AvgIpc) is 2.92. The smallest absolute Gasteiger partial charge is 0.229 e. The monoisotopic (exact) mass is 272 g/mol. The highest BCUT2D eigenvalue weighted by atomic mass is 16.2. The van der Waals surface area contributed by atoms with E-state index in [2.05, 4.69) is 29.2 Å². The lowest BCUT2D eigenvalue weighted by atomic mass is 9.64. The zero-order valence-corrected chi connectivity index (χ0v) is 12.1. The second kappa shape index (κ2) is 5.57. The molecule has 20 heavy (non-hydrogen) atoms. The first-order valence-electron chi connectivity index (χ1n) is 7.77. The summed E-state index contributed by atoms with van der Waals surface area (Å²) >= 11 is 0. The number of carbonyl (C=O) groups is 1. The lowest BCUT2D eigenvalue weighted by Crippen LogP contribution is -2.48. The standard InChI is InChI=1S/C17H24N2O/c18-12-15-7-10-19(13-15)16(20)17(8-4-9-17)11-14-5-2-1-3-6-14/h1-3,5-6,15H,4,7-13,18H2. The van der Waals surface area contributed by atoms with Crippen LogP contribution in [0.25, 0.3) is 0 Å². The van der Waals surface area contributed by atoms with Crippen LogP contribution < -0.4 is 5.73 Å². The molecule has 1 saturated carbocycles. The minimum Gasteiger partial charge on any atom is -0.342 e. The Bertz CT molecular complexity index is 467. The normalized spacial score (nSPS) is 24.4. The van der Waals surface area contributed by atoms with E-state index in [-0.39, 0.29) is 5.41 Å². The largest absolute Gasteiger partial charge is 0.342 e. The minimum absolute atomic E-state index is 0.120. The van der Waals surface area contributed by atoms with Crippen molar-refractivity contribution in [3.63, 3.8) is 0 Å². The van der Waals surface area contributed by atoms with Gasteiger partial charge < -0.3 is 10.6 Å². The number of carbonyl (C=O) groups excluding carboxylic acids is 1. The summed E-state index contributed by atoms with van der Waals surface area (Å²) in [6, 6.07) is 10.4. The predicted octanol–water partition coefficient (Wildman–Crippen LogP) is 2.21. The van der Waals surface area contributed by atoms with Crippen molar-refractivity contribution in [3.8, 4) is 0 Å². The molecule has 0 bridgehead atoms. The fourth-order valence-electron chi connectivity index (χ4n) is 3.60. The number of benzene rings is 1. The number of nitrogens with zero attached hydrogens (tertiary/aromatic N) is 1. The van der Waals surface area contributed by atoms with E-state index in [0.29, 0.717) is 18.4 Å². The average molecular weight is 272 g/mol. The molecule has 1 aromatic rings. The lowest BCUT2D eigenvalue weighted by Gasteiger charge is -2.43. The van der Waals surface area contributed by atoms with Gasteiger partial charge in [0.15, 0.2) is 0 Å². The first-order chi connectivity index (χ1) is 9.73. The Kier molecular flexibility index (Phi) is 3.79. The molecule has 1 aliphatic heterocycles. The van der Waals surface area contributed by atoms with E-state index in [4.69, 9.17) is 5.73 Å². The number of likely N-dealkylation sites (tertiary alicyclic amines) is 1. The quantitative estimate of drug-likeness (QED) is 0.913. The number of hydrogen-bond acceptors (Lipinski definition) is 2. The van der Waals surface area contributed by atoms with Gasteiger partial charge in [0, 0.05) is 13.1 Å². The van der Waals surface area contributed by atoms with Crippen molar-refractivity contribution in [1.82, 2.24) is 4.90 Å². The molecule has 2 N–H and O–H groups in total. The highest BCUT2D eigenvalue weighted by molar-refractivity contribution is 5.84. The van der Waals surface area contributed by atoms with Crippen LogP contribution >= 0.6 is 0 Å². The number of rotatable bonds is 4. The summed E-state index contributed by atoms with van der Waals surface area (Å²) < 4.78 is 0.